The first-order chi connectivity index (χ1) is 15.8. The second-order valence-electron chi connectivity index (χ2n) is 7.64. The number of aryl methyl sites for hydroxylation is 2. The van der Waals surface area contributed by atoms with Crippen LogP contribution in [0.1, 0.15) is 16.7 Å². The quantitative estimate of drug-likeness (QED) is 0.387. The van der Waals surface area contributed by atoms with Gasteiger partial charge in [-0.1, -0.05) is 59.6 Å². The molecule has 3 aromatic rings. The Hall–Kier alpha value is -2.48. The maximum absolute atomic E-state index is 13.4. The number of thioether (sulfide) groups is 1. The lowest BCUT2D eigenvalue weighted by Crippen LogP contribution is -2.41. The Bertz CT molecular complexity index is 1200. The van der Waals surface area contributed by atoms with Gasteiger partial charge in [0, 0.05) is 23.1 Å². The number of nitrogens with one attached hydrogen (secondary N) is 1. The number of amides is 1. The molecule has 3 aromatic carbocycles. The molecule has 5 nitrogen and oxygen atoms in total. The van der Waals surface area contributed by atoms with Gasteiger partial charge in [-0.05, 0) is 55.3 Å². The van der Waals surface area contributed by atoms with Crippen LogP contribution in [-0.4, -0.2) is 33.2 Å². The topological polar surface area (TPSA) is 66.5 Å². The molecule has 0 aliphatic rings. The second-order valence-corrected chi connectivity index (χ2v) is 11.0. The number of hydrogen-bond donors (Lipinski definition) is 1. The first-order valence-corrected chi connectivity index (χ1v) is 13.5. The molecule has 0 aliphatic carbocycles. The van der Waals surface area contributed by atoms with E-state index in [-0.39, 0.29) is 17.3 Å². The van der Waals surface area contributed by atoms with Gasteiger partial charge in [0.15, 0.2) is 0 Å². The van der Waals surface area contributed by atoms with Crippen LogP contribution in [0.2, 0.25) is 5.02 Å². The molecule has 1 amide bonds. The van der Waals surface area contributed by atoms with E-state index in [1.165, 1.54) is 4.31 Å². The molecule has 174 valence electrons. The zero-order valence-electron chi connectivity index (χ0n) is 18.6. The molecule has 0 aliphatic heterocycles. The molecule has 0 saturated carbocycles. The zero-order chi connectivity index (χ0) is 23.8. The highest BCUT2D eigenvalue weighted by Crippen LogP contribution is 2.26. The van der Waals surface area contributed by atoms with E-state index in [1.54, 1.807) is 48.2 Å². The van der Waals surface area contributed by atoms with Crippen molar-refractivity contribution < 1.29 is 13.2 Å². The molecule has 0 spiro atoms. The van der Waals surface area contributed by atoms with Gasteiger partial charge in [-0.15, -0.1) is 0 Å². The van der Waals surface area contributed by atoms with E-state index in [4.69, 9.17) is 11.6 Å². The summed E-state index contributed by atoms with van der Waals surface area (Å²) < 4.78 is 28.0. The Balaban J connectivity index is 1.65. The molecule has 0 aromatic heterocycles. The van der Waals surface area contributed by atoms with Crippen LogP contribution in [0.5, 0.6) is 0 Å². The Labute approximate surface area is 205 Å². The Kier molecular flexibility index (Phi) is 8.83. The number of hydrogen-bond acceptors (Lipinski definition) is 4. The Morgan fingerprint density at radius 3 is 2.42 bits per heavy atom. The first kappa shape index (κ1) is 25.1. The summed E-state index contributed by atoms with van der Waals surface area (Å²) in [4.78, 5) is 12.9. The summed E-state index contributed by atoms with van der Waals surface area (Å²) >= 11 is 7.68. The maximum atomic E-state index is 13.4. The number of para-hydroxylation sites is 1. The summed E-state index contributed by atoms with van der Waals surface area (Å²) in [5.41, 5.74) is 3.35. The third-order valence-corrected chi connectivity index (χ3v) is 8.05. The number of rotatable bonds is 10. The molecule has 0 atom stereocenters. The van der Waals surface area contributed by atoms with Gasteiger partial charge in [-0.25, -0.2) is 8.42 Å². The number of halogens is 1. The molecule has 8 heteroatoms. The fourth-order valence-corrected chi connectivity index (χ4v) is 5.75. The van der Waals surface area contributed by atoms with Crippen LogP contribution in [0.3, 0.4) is 0 Å². The van der Waals surface area contributed by atoms with Crippen LogP contribution < -0.4 is 9.62 Å². The van der Waals surface area contributed by atoms with Gasteiger partial charge < -0.3 is 5.32 Å². The number of carbonyl (C=O) groups excluding carboxylic acids is 1. The molecular formula is C25H27ClN2O3S2. The molecular weight excluding hydrogens is 476 g/mol. The van der Waals surface area contributed by atoms with Crippen molar-refractivity contribution in [3.8, 4) is 0 Å². The van der Waals surface area contributed by atoms with Crippen molar-refractivity contribution in [2.75, 3.05) is 23.1 Å². The Morgan fingerprint density at radius 2 is 1.73 bits per heavy atom. The molecule has 3 rings (SSSR count). The smallest absolute Gasteiger partial charge is 0.264 e. The lowest BCUT2D eigenvalue weighted by Gasteiger charge is -2.25. The lowest BCUT2D eigenvalue weighted by molar-refractivity contribution is -0.119. The number of nitrogens with zero attached hydrogens (tertiary/aromatic N) is 1. The van der Waals surface area contributed by atoms with Gasteiger partial charge in [0.05, 0.1) is 10.6 Å². The fourth-order valence-electron chi connectivity index (χ4n) is 3.25. The van der Waals surface area contributed by atoms with Crippen molar-refractivity contribution in [1.82, 2.24) is 5.32 Å². The average Bonchev–Trinajstić information content (AvgIpc) is 2.78. The minimum Gasteiger partial charge on any atom is -0.354 e. The normalized spacial score (nSPS) is 11.2. The predicted octanol–water partition coefficient (Wildman–Crippen LogP) is 5.20. The molecule has 0 saturated heterocycles. The van der Waals surface area contributed by atoms with E-state index >= 15 is 0 Å². The monoisotopic (exact) mass is 502 g/mol. The number of carbonyl (C=O) groups is 1. The summed E-state index contributed by atoms with van der Waals surface area (Å²) in [6.45, 7) is 3.88. The molecule has 0 radical (unpaired) electrons. The minimum absolute atomic E-state index is 0.154. The highest BCUT2D eigenvalue weighted by Gasteiger charge is 2.28. The molecule has 0 fully saturated rings. The molecule has 0 bridgehead atoms. The van der Waals surface area contributed by atoms with Crippen molar-refractivity contribution in [2.24, 2.45) is 0 Å². The summed E-state index contributed by atoms with van der Waals surface area (Å²) in [5, 5.41) is 3.54. The third-order valence-electron chi connectivity index (χ3n) is 5.01. The summed E-state index contributed by atoms with van der Waals surface area (Å²) in [6, 6.07) is 21.5. The summed E-state index contributed by atoms with van der Waals surface area (Å²) in [6.07, 6.45) is 0. The van der Waals surface area contributed by atoms with Crippen LogP contribution in [0.25, 0.3) is 0 Å². The highest BCUT2D eigenvalue weighted by atomic mass is 35.5. The number of anilines is 1. The Morgan fingerprint density at radius 1 is 1.00 bits per heavy atom. The van der Waals surface area contributed by atoms with E-state index in [2.05, 4.69) is 5.32 Å². The van der Waals surface area contributed by atoms with Gasteiger partial charge in [0.1, 0.15) is 6.54 Å². The summed E-state index contributed by atoms with van der Waals surface area (Å²) in [5.74, 6) is 1.14. The third kappa shape index (κ3) is 7.00. The minimum atomic E-state index is -3.91. The average molecular weight is 503 g/mol. The van der Waals surface area contributed by atoms with Gasteiger partial charge >= 0.3 is 0 Å². The van der Waals surface area contributed by atoms with Gasteiger partial charge in [0.25, 0.3) is 10.0 Å². The van der Waals surface area contributed by atoms with E-state index in [0.29, 0.717) is 23.0 Å². The first-order valence-electron chi connectivity index (χ1n) is 10.5. The second kappa shape index (κ2) is 11.6. The maximum Gasteiger partial charge on any atom is 0.264 e. The molecule has 0 unspecified atom stereocenters. The van der Waals surface area contributed by atoms with Crippen molar-refractivity contribution >= 4 is 45.0 Å². The number of sulfonamides is 1. The van der Waals surface area contributed by atoms with Crippen LogP contribution >= 0.6 is 23.4 Å². The molecule has 1 N–H and O–H groups in total. The van der Waals surface area contributed by atoms with E-state index in [0.717, 1.165) is 22.4 Å². The van der Waals surface area contributed by atoms with Crippen molar-refractivity contribution in [3.63, 3.8) is 0 Å². The SMILES string of the molecule is Cc1ccc(S(=O)(=O)N(CC(=O)NCCSCc2cccc(Cl)c2)c2ccccc2C)cc1. The van der Waals surface area contributed by atoms with Crippen LogP contribution in [0.15, 0.2) is 77.7 Å². The summed E-state index contributed by atoms with van der Waals surface area (Å²) in [7, 11) is -3.91. The van der Waals surface area contributed by atoms with Crippen LogP contribution in [0.4, 0.5) is 5.69 Å². The lowest BCUT2D eigenvalue weighted by atomic mass is 10.2. The molecule has 33 heavy (non-hydrogen) atoms. The van der Waals surface area contributed by atoms with Crippen LogP contribution in [0, 0.1) is 13.8 Å². The standard InChI is InChI=1S/C25H27ClN2O3S2/c1-19-10-12-23(13-11-19)33(30,31)28(24-9-4-3-6-20(24)2)17-25(29)27-14-15-32-18-21-7-5-8-22(26)16-21/h3-13,16H,14-15,17-18H2,1-2H3,(H,27,29). The predicted molar refractivity (Wildman–Crippen MR) is 138 cm³/mol. The highest BCUT2D eigenvalue weighted by molar-refractivity contribution is 7.98. The van der Waals surface area contributed by atoms with Crippen LogP contribution in [-0.2, 0) is 20.6 Å². The van der Waals surface area contributed by atoms with Crippen molar-refractivity contribution in [2.45, 2.75) is 24.5 Å². The van der Waals surface area contributed by atoms with Gasteiger partial charge in [0.2, 0.25) is 5.91 Å². The van der Waals surface area contributed by atoms with Crippen molar-refractivity contribution in [1.29, 1.82) is 0 Å². The van der Waals surface area contributed by atoms with Gasteiger partial charge in [-0.2, -0.15) is 11.8 Å². The van der Waals surface area contributed by atoms with E-state index in [1.807, 2.05) is 50.2 Å². The molecule has 0 heterocycles. The van der Waals surface area contributed by atoms with Gasteiger partial charge in [-0.3, -0.25) is 9.10 Å². The largest absolute Gasteiger partial charge is 0.354 e. The zero-order valence-corrected chi connectivity index (χ0v) is 21.0. The fraction of sp³-hybridized carbons (Fsp3) is 0.240. The van der Waals surface area contributed by atoms with E-state index < -0.39 is 10.0 Å². The van der Waals surface area contributed by atoms with Crippen molar-refractivity contribution in [3.05, 3.63) is 94.5 Å². The van der Waals surface area contributed by atoms with E-state index in [9.17, 15) is 13.2 Å². The number of benzene rings is 3.